The van der Waals surface area contributed by atoms with E-state index in [9.17, 15) is 9.18 Å². The SMILES string of the molecule is CC(C)(C)c1ccccc1C(=O)C(Cl)c1ccc(F)cc1. The Morgan fingerprint density at radius 3 is 2.19 bits per heavy atom. The van der Waals surface area contributed by atoms with E-state index < -0.39 is 5.38 Å². The molecule has 0 amide bonds. The monoisotopic (exact) mass is 304 g/mol. The summed E-state index contributed by atoms with van der Waals surface area (Å²) in [5.74, 6) is -0.501. The predicted molar refractivity (Wildman–Crippen MR) is 84.5 cm³/mol. The van der Waals surface area contributed by atoms with Crippen molar-refractivity contribution in [1.82, 2.24) is 0 Å². The molecule has 2 aromatic carbocycles. The molecule has 0 N–H and O–H groups in total. The Labute approximate surface area is 129 Å². The van der Waals surface area contributed by atoms with E-state index in [2.05, 4.69) is 20.8 Å². The van der Waals surface area contributed by atoms with Crippen molar-refractivity contribution in [3.63, 3.8) is 0 Å². The highest BCUT2D eigenvalue weighted by Gasteiger charge is 2.26. The first-order chi connectivity index (χ1) is 9.80. The van der Waals surface area contributed by atoms with Gasteiger partial charge in [0.15, 0.2) is 5.78 Å². The van der Waals surface area contributed by atoms with E-state index >= 15 is 0 Å². The fourth-order valence-electron chi connectivity index (χ4n) is 2.27. The van der Waals surface area contributed by atoms with Crippen molar-refractivity contribution in [3.8, 4) is 0 Å². The molecule has 3 heteroatoms. The molecule has 0 spiro atoms. The lowest BCUT2D eigenvalue weighted by Crippen LogP contribution is -2.18. The number of hydrogen-bond donors (Lipinski definition) is 0. The normalized spacial score (nSPS) is 13.0. The van der Waals surface area contributed by atoms with Gasteiger partial charge in [0.2, 0.25) is 0 Å². The van der Waals surface area contributed by atoms with E-state index in [1.165, 1.54) is 12.1 Å². The molecule has 0 fully saturated rings. The van der Waals surface area contributed by atoms with Crippen LogP contribution in [0.25, 0.3) is 0 Å². The third-order valence-corrected chi connectivity index (χ3v) is 3.84. The van der Waals surface area contributed by atoms with E-state index in [1.807, 2.05) is 18.2 Å². The molecule has 1 atom stereocenters. The van der Waals surface area contributed by atoms with Crippen LogP contribution < -0.4 is 0 Å². The molecular formula is C18H18ClFO. The summed E-state index contributed by atoms with van der Waals surface area (Å²) in [5.41, 5.74) is 2.04. The summed E-state index contributed by atoms with van der Waals surface area (Å²) in [4.78, 5) is 12.7. The molecule has 0 aliphatic carbocycles. The molecule has 0 aliphatic rings. The van der Waals surface area contributed by atoms with Crippen LogP contribution in [0, 0.1) is 5.82 Å². The van der Waals surface area contributed by atoms with Gasteiger partial charge in [-0.1, -0.05) is 57.2 Å². The average Bonchev–Trinajstić information content (AvgIpc) is 2.45. The number of alkyl halides is 1. The summed E-state index contributed by atoms with van der Waals surface area (Å²) in [5, 5.41) is -0.811. The maximum atomic E-state index is 13.0. The van der Waals surface area contributed by atoms with Gasteiger partial charge in [0.25, 0.3) is 0 Å². The van der Waals surface area contributed by atoms with E-state index in [4.69, 9.17) is 11.6 Å². The summed E-state index contributed by atoms with van der Waals surface area (Å²) >= 11 is 6.29. The number of ketones is 1. The number of rotatable bonds is 3. The fourth-order valence-corrected chi connectivity index (χ4v) is 2.53. The first-order valence-electron chi connectivity index (χ1n) is 6.84. The second-order valence-electron chi connectivity index (χ2n) is 6.07. The summed E-state index contributed by atoms with van der Waals surface area (Å²) in [7, 11) is 0. The molecule has 1 unspecified atom stereocenters. The average molecular weight is 305 g/mol. The van der Waals surface area contributed by atoms with Crippen LogP contribution >= 0.6 is 11.6 Å². The minimum atomic E-state index is -0.811. The minimum absolute atomic E-state index is 0.147. The largest absolute Gasteiger partial charge is 0.292 e. The summed E-state index contributed by atoms with van der Waals surface area (Å²) < 4.78 is 13.0. The van der Waals surface area contributed by atoms with Gasteiger partial charge < -0.3 is 0 Å². The molecule has 0 aliphatic heterocycles. The highest BCUT2D eigenvalue weighted by molar-refractivity contribution is 6.34. The molecular weight excluding hydrogens is 287 g/mol. The Morgan fingerprint density at radius 1 is 1.05 bits per heavy atom. The van der Waals surface area contributed by atoms with Crippen LogP contribution in [0.5, 0.6) is 0 Å². The number of halogens is 2. The first kappa shape index (κ1) is 15.7. The van der Waals surface area contributed by atoms with Crippen molar-refractivity contribution in [2.45, 2.75) is 31.6 Å². The van der Waals surface area contributed by atoms with E-state index in [-0.39, 0.29) is 17.0 Å². The number of hydrogen-bond acceptors (Lipinski definition) is 1. The summed E-state index contributed by atoms with van der Waals surface area (Å²) in [6.45, 7) is 6.17. The molecule has 0 saturated heterocycles. The second-order valence-corrected chi connectivity index (χ2v) is 6.51. The molecule has 110 valence electrons. The van der Waals surface area contributed by atoms with E-state index in [0.717, 1.165) is 5.56 Å². The van der Waals surface area contributed by atoms with Crippen molar-refractivity contribution < 1.29 is 9.18 Å². The van der Waals surface area contributed by atoms with Crippen LogP contribution in [0.4, 0.5) is 4.39 Å². The molecule has 1 nitrogen and oxygen atoms in total. The first-order valence-corrected chi connectivity index (χ1v) is 7.27. The van der Waals surface area contributed by atoms with Gasteiger partial charge in [0.1, 0.15) is 11.2 Å². The van der Waals surface area contributed by atoms with Gasteiger partial charge in [-0.2, -0.15) is 0 Å². The lowest BCUT2D eigenvalue weighted by molar-refractivity contribution is 0.0985. The van der Waals surface area contributed by atoms with Gasteiger partial charge >= 0.3 is 0 Å². The summed E-state index contributed by atoms with van der Waals surface area (Å²) in [6.07, 6.45) is 0. The molecule has 21 heavy (non-hydrogen) atoms. The van der Waals surface area contributed by atoms with Gasteiger partial charge in [-0.15, -0.1) is 11.6 Å². The Morgan fingerprint density at radius 2 is 1.62 bits per heavy atom. The van der Waals surface area contributed by atoms with Crippen molar-refractivity contribution in [1.29, 1.82) is 0 Å². The second kappa shape index (κ2) is 5.98. The maximum Gasteiger partial charge on any atom is 0.185 e. The van der Waals surface area contributed by atoms with Crippen molar-refractivity contribution in [2.75, 3.05) is 0 Å². The molecule has 2 aromatic rings. The van der Waals surface area contributed by atoms with Gasteiger partial charge in [-0.25, -0.2) is 4.39 Å². The third-order valence-electron chi connectivity index (χ3n) is 3.39. The van der Waals surface area contributed by atoms with Gasteiger partial charge in [0, 0.05) is 5.56 Å². The van der Waals surface area contributed by atoms with Gasteiger partial charge in [-0.3, -0.25) is 4.79 Å². The molecule has 2 rings (SSSR count). The zero-order valence-corrected chi connectivity index (χ0v) is 13.1. The van der Waals surface area contributed by atoms with Crippen LogP contribution in [0.3, 0.4) is 0 Å². The molecule has 0 saturated carbocycles. The molecule has 0 aromatic heterocycles. The topological polar surface area (TPSA) is 17.1 Å². The Balaban J connectivity index is 2.38. The standard InChI is InChI=1S/C18H18ClFO/c1-18(2,3)15-7-5-4-6-14(15)17(21)16(19)12-8-10-13(20)11-9-12/h4-11,16H,1-3H3. The predicted octanol–water partition coefficient (Wildman–Crippen LogP) is 5.29. The number of carbonyl (C=O) groups excluding carboxylic acids is 1. The molecule has 0 bridgehead atoms. The number of benzene rings is 2. The third kappa shape index (κ3) is 3.51. The smallest absolute Gasteiger partial charge is 0.185 e. The zero-order valence-electron chi connectivity index (χ0n) is 12.4. The highest BCUT2D eigenvalue weighted by atomic mass is 35.5. The lowest BCUT2D eigenvalue weighted by Gasteiger charge is -2.23. The van der Waals surface area contributed by atoms with E-state index in [0.29, 0.717) is 11.1 Å². The van der Waals surface area contributed by atoms with Crippen LogP contribution in [0.15, 0.2) is 48.5 Å². The van der Waals surface area contributed by atoms with Crippen LogP contribution in [-0.2, 0) is 5.41 Å². The van der Waals surface area contributed by atoms with Crippen molar-refractivity contribution in [3.05, 3.63) is 71.0 Å². The Bertz CT molecular complexity index is 641. The number of Topliss-reactive ketones (excluding diaryl/α,β-unsaturated/α-hetero) is 1. The maximum absolute atomic E-state index is 13.0. The quantitative estimate of drug-likeness (QED) is 0.556. The zero-order chi connectivity index (χ0) is 15.6. The van der Waals surface area contributed by atoms with Crippen LogP contribution in [0.1, 0.15) is 47.6 Å². The van der Waals surface area contributed by atoms with Crippen LogP contribution in [-0.4, -0.2) is 5.78 Å². The van der Waals surface area contributed by atoms with Gasteiger partial charge in [0.05, 0.1) is 0 Å². The van der Waals surface area contributed by atoms with Crippen molar-refractivity contribution in [2.24, 2.45) is 0 Å². The minimum Gasteiger partial charge on any atom is -0.292 e. The van der Waals surface area contributed by atoms with Crippen molar-refractivity contribution >= 4 is 17.4 Å². The van der Waals surface area contributed by atoms with Crippen LogP contribution in [0.2, 0.25) is 0 Å². The highest BCUT2D eigenvalue weighted by Crippen LogP contribution is 2.31. The molecule has 0 heterocycles. The van der Waals surface area contributed by atoms with Gasteiger partial charge in [-0.05, 0) is 28.7 Å². The summed E-state index contributed by atoms with van der Waals surface area (Å²) in [6, 6.07) is 13.2. The Kier molecular flexibility index (Phi) is 4.48. The molecule has 0 radical (unpaired) electrons. The lowest BCUT2D eigenvalue weighted by atomic mass is 9.82. The fraction of sp³-hybridized carbons (Fsp3) is 0.278. The number of carbonyl (C=O) groups is 1. The Hall–Kier alpha value is -1.67. The van der Waals surface area contributed by atoms with E-state index in [1.54, 1.807) is 18.2 Å².